The molecule has 0 aliphatic heterocycles. The van der Waals surface area contributed by atoms with Crippen LogP contribution in [0.3, 0.4) is 0 Å². The zero-order valence-electron chi connectivity index (χ0n) is 13.0. The lowest BCUT2D eigenvalue weighted by atomic mass is 10.2. The number of carbonyl (C=O) groups is 2. The molecule has 0 aliphatic carbocycles. The number of rotatable bonds is 6. The first-order chi connectivity index (χ1) is 11.0. The van der Waals surface area contributed by atoms with E-state index < -0.39 is 4.92 Å². The van der Waals surface area contributed by atoms with Gasteiger partial charge in [-0.25, -0.2) is 0 Å². The van der Waals surface area contributed by atoms with Gasteiger partial charge in [-0.2, -0.15) is 4.68 Å². The molecule has 1 heterocycles. The molecule has 8 nitrogen and oxygen atoms in total. The van der Waals surface area contributed by atoms with Gasteiger partial charge >= 0.3 is 0 Å². The molecule has 8 heteroatoms. The number of fused-ring (bicyclic) bond motifs is 1. The first-order valence-electron chi connectivity index (χ1n) is 7.48. The summed E-state index contributed by atoms with van der Waals surface area (Å²) in [6.45, 7) is 3.74. The van der Waals surface area contributed by atoms with Crippen molar-refractivity contribution < 1.29 is 14.5 Å². The Balaban J connectivity index is 2.54. The fourth-order valence-corrected chi connectivity index (χ4v) is 2.24. The molecule has 0 bridgehead atoms. The highest BCUT2D eigenvalue weighted by Gasteiger charge is 2.19. The summed E-state index contributed by atoms with van der Waals surface area (Å²) in [5.74, 6) is -0.289. The van der Waals surface area contributed by atoms with Gasteiger partial charge in [-0.3, -0.25) is 19.7 Å². The van der Waals surface area contributed by atoms with Gasteiger partial charge in [0.1, 0.15) is 0 Å². The number of nitro groups is 1. The van der Waals surface area contributed by atoms with E-state index in [1.807, 2.05) is 13.8 Å². The van der Waals surface area contributed by atoms with Gasteiger partial charge < -0.3 is 5.32 Å². The maximum Gasteiger partial charge on any atom is 0.270 e. The van der Waals surface area contributed by atoms with E-state index in [9.17, 15) is 19.7 Å². The minimum atomic E-state index is -0.526. The number of carbonyl (C=O) groups excluding carboxylic acids is 2. The van der Waals surface area contributed by atoms with Crippen LogP contribution in [0.15, 0.2) is 18.2 Å². The van der Waals surface area contributed by atoms with E-state index in [0.717, 1.165) is 0 Å². The molecule has 0 saturated carbocycles. The SMILES string of the molecule is CCCC(=O)Nc1nn(C(=O)CCC)c2ccc([N+](=O)[O-])cc12. The number of benzene rings is 1. The molecule has 2 aromatic rings. The lowest BCUT2D eigenvalue weighted by Gasteiger charge is -2.00. The summed E-state index contributed by atoms with van der Waals surface area (Å²) in [4.78, 5) is 34.4. The molecular weight excluding hydrogens is 300 g/mol. The van der Waals surface area contributed by atoms with Gasteiger partial charge in [0.2, 0.25) is 11.8 Å². The van der Waals surface area contributed by atoms with Crippen LogP contribution in [0.4, 0.5) is 11.5 Å². The fraction of sp³-hybridized carbons (Fsp3) is 0.400. The monoisotopic (exact) mass is 318 g/mol. The average Bonchev–Trinajstić information content (AvgIpc) is 2.86. The zero-order chi connectivity index (χ0) is 17.0. The Labute approximate surface area is 132 Å². The third-order valence-corrected chi connectivity index (χ3v) is 3.31. The van der Waals surface area contributed by atoms with Gasteiger partial charge in [-0.05, 0) is 18.9 Å². The molecule has 122 valence electrons. The quantitative estimate of drug-likeness (QED) is 0.650. The minimum Gasteiger partial charge on any atom is -0.309 e. The third kappa shape index (κ3) is 3.53. The van der Waals surface area contributed by atoms with Gasteiger partial charge in [0, 0.05) is 25.0 Å². The van der Waals surface area contributed by atoms with Crippen LogP contribution in [0.2, 0.25) is 0 Å². The first-order valence-corrected chi connectivity index (χ1v) is 7.48. The fourth-order valence-electron chi connectivity index (χ4n) is 2.24. The van der Waals surface area contributed by atoms with Crippen LogP contribution in [0.1, 0.15) is 44.3 Å². The van der Waals surface area contributed by atoms with Crippen LogP contribution in [0.5, 0.6) is 0 Å². The highest BCUT2D eigenvalue weighted by molar-refractivity contribution is 6.03. The Bertz CT molecular complexity index is 766. The van der Waals surface area contributed by atoms with E-state index in [4.69, 9.17) is 0 Å². The Hall–Kier alpha value is -2.77. The van der Waals surface area contributed by atoms with Crippen LogP contribution < -0.4 is 5.32 Å². The molecule has 1 amide bonds. The standard InChI is InChI=1S/C15H18N4O4/c1-3-5-13(20)16-15-11-9-10(19(22)23)7-8-12(11)18(17-15)14(21)6-4-2/h7-9H,3-6H2,1-2H3,(H,16,17,20). The highest BCUT2D eigenvalue weighted by Crippen LogP contribution is 2.27. The summed E-state index contributed by atoms with van der Waals surface area (Å²) in [5.41, 5.74) is 0.326. The Morgan fingerprint density at radius 1 is 1.26 bits per heavy atom. The maximum atomic E-state index is 12.2. The summed E-state index contributed by atoms with van der Waals surface area (Å²) >= 11 is 0. The van der Waals surface area contributed by atoms with E-state index in [2.05, 4.69) is 10.4 Å². The summed E-state index contributed by atoms with van der Waals surface area (Å²) in [6, 6.07) is 4.11. The molecule has 0 radical (unpaired) electrons. The van der Waals surface area contributed by atoms with E-state index in [1.165, 1.54) is 22.9 Å². The second kappa shape index (κ2) is 6.99. The molecule has 0 aliphatic rings. The predicted molar refractivity (Wildman–Crippen MR) is 85.5 cm³/mol. The molecule has 1 N–H and O–H groups in total. The number of amides is 1. The van der Waals surface area contributed by atoms with Crippen molar-refractivity contribution in [1.29, 1.82) is 0 Å². The van der Waals surface area contributed by atoms with Crippen LogP contribution in [0, 0.1) is 10.1 Å². The number of non-ortho nitro benzene ring substituents is 1. The molecule has 0 atom stereocenters. The van der Waals surface area contributed by atoms with Crippen molar-refractivity contribution in [3.63, 3.8) is 0 Å². The lowest BCUT2D eigenvalue weighted by molar-refractivity contribution is -0.384. The van der Waals surface area contributed by atoms with Gasteiger partial charge in [0.15, 0.2) is 5.82 Å². The van der Waals surface area contributed by atoms with E-state index in [-0.39, 0.29) is 23.3 Å². The Morgan fingerprint density at radius 2 is 1.96 bits per heavy atom. The smallest absolute Gasteiger partial charge is 0.270 e. The summed E-state index contributed by atoms with van der Waals surface area (Å²) in [6.07, 6.45) is 1.94. The summed E-state index contributed by atoms with van der Waals surface area (Å²) in [7, 11) is 0. The zero-order valence-corrected chi connectivity index (χ0v) is 13.0. The normalized spacial score (nSPS) is 10.7. The van der Waals surface area contributed by atoms with E-state index in [1.54, 1.807) is 0 Å². The molecule has 0 unspecified atom stereocenters. The van der Waals surface area contributed by atoms with Crippen LogP contribution >= 0.6 is 0 Å². The molecule has 2 rings (SSSR count). The molecule has 1 aromatic heterocycles. The average molecular weight is 318 g/mol. The number of aromatic nitrogens is 2. The number of anilines is 1. The van der Waals surface area contributed by atoms with Gasteiger partial charge in [-0.15, -0.1) is 5.10 Å². The molecule has 0 fully saturated rings. The predicted octanol–water partition coefficient (Wildman–Crippen LogP) is 3.12. The highest BCUT2D eigenvalue weighted by atomic mass is 16.6. The minimum absolute atomic E-state index is 0.119. The lowest BCUT2D eigenvalue weighted by Crippen LogP contribution is -2.14. The first kappa shape index (κ1) is 16.6. The number of nitrogens with one attached hydrogen (secondary N) is 1. The van der Waals surface area contributed by atoms with E-state index >= 15 is 0 Å². The van der Waals surface area contributed by atoms with Crippen LogP contribution in [0.25, 0.3) is 10.9 Å². The topological polar surface area (TPSA) is 107 Å². The van der Waals surface area contributed by atoms with Gasteiger partial charge in [-0.1, -0.05) is 13.8 Å². The summed E-state index contributed by atoms with van der Waals surface area (Å²) < 4.78 is 1.20. The molecule has 23 heavy (non-hydrogen) atoms. The number of hydrogen-bond acceptors (Lipinski definition) is 5. The van der Waals surface area contributed by atoms with Crippen molar-refractivity contribution in [3.8, 4) is 0 Å². The van der Waals surface area contributed by atoms with Gasteiger partial charge in [0.05, 0.1) is 15.8 Å². The maximum absolute atomic E-state index is 12.2. The third-order valence-electron chi connectivity index (χ3n) is 3.31. The van der Waals surface area contributed by atoms with Crippen molar-refractivity contribution >= 4 is 34.2 Å². The molecule has 1 aromatic carbocycles. The van der Waals surface area contributed by atoms with Gasteiger partial charge in [0.25, 0.3) is 5.69 Å². The Kier molecular flexibility index (Phi) is 5.05. The largest absolute Gasteiger partial charge is 0.309 e. The van der Waals surface area contributed by atoms with Crippen molar-refractivity contribution in [2.75, 3.05) is 5.32 Å². The molecule has 0 spiro atoms. The number of hydrogen-bond donors (Lipinski definition) is 1. The second-order valence-electron chi connectivity index (χ2n) is 5.16. The summed E-state index contributed by atoms with van der Waals surface area (Å²) in [5, 5.41) is 18.1. The van der Waals surface area contributed by atoms with Crippen molar-refractivity contribution in [2.45, 2.75) is 39.5 Å². The van der Waals surface area contributed by atoms with Crippen molar-refractivity contribution in [3.05, 3.63) is 28.3 Å². The molecule has 0 saturated heterocycles. The molecular formula is C15H18N4O4. The van der Waals surface area contributed by atoms with Crippen LogP contribution in [-0.2, 0) is 4.79 Å². The number of nitrogens with zero attached hydrogens (tertiary/aromatic N) is 3. The number of nitro benzene ring substituents is 1. The van der Waals surface area contributed by atoms with E-state index in [0.29, 0.717) is 36.6 Å². The Morgan fingerprint density at radius 3 is 2.57 bits per heavy atom. The van der Waals surface area contributed by atoms with Crippen LogP contribution in [-0.4, -0.2) is 26.5 Å². The van der Waals surface area contributed by atoms with Crippen molar-refractivity contribution in [2.24, 2.45) is 0 Å². The van der Waals surface area contributed by atoms with Crippen molar-refractivity contribution in [1.82, 2.24) is 9.78 Å². The second-order valence-corrected chi connectivity index (χ2v) is 5.16.